The molecule has 1 aromatic carbocycles. The summed E-state index contributed by atoms with van der Waals surface area (Å²) in [6.45, 7) is 4.66. The maximum atomic E-state index is 8.84. The van der Waals surface area contributed by atoms with E-state index in [1.807, 2.05) is 12.1 Å². The summed E-state index contributed by atoms with van der Waals surface area (Å²) < 4.78 is 0. The molecule has 3 rings (SSSR count). The quantitative estimate of drug-likeness (QED) is 0.857. The molecule has 1 fully saturated rings. The van der Waals surface area contributed by atoms with Crippen molar-refractivity contribution in [2.45, 2.75) is 25.8 Å². The van der Waals surface area contributed by atoms with E-state index >= 15 is 0 Å². The maximum absolute atomic E-state index is 8.84. The molecule has 21 heavy (non-hydrogen) atoms. The lowest BCUT2D eigenvalue weighted by molar-refractivity contribution is 0.263. The lowest BCUT2D eigenvalue weighted by atomic mass is 10.0. The zero-order valence-corrected chi connectivity index (χ0v) is 12.3. The van der Waals surface area contributed by atoms with Crippen LogP contribution in [0.2, 0.25) is 0 Å². The summed E-state index contributed by atoms with van der Waals surface area (Å²) in [6.07, 6.45) is 4.24. The minimum absolute atomic E-state index is 0.450. The molecule has 2 heterocycles. The van der Waals surface area contributed by atoms with Crippen LogP contribution < -0.4 is 0 Å². The number of nitrogens with zero attached hydrogens (tertiary/aromatic N) is 3. The first kappa shape index (κ1) is 13.8. The van der Waals surface area contributed by atoms with Gasteiger partial charge in [0.2, 0.25) is 0 Å². The molecule has 2 aromatic rings. The average Bonchev–Trinajstić information content (AvgIpc) is 3.09. The monoisotopic (exact) mass is 277 g/mol. The molecule has 3 heteroatoms. The van der Waals surface area contributed by atoms with Crippen molar-refractivity contribution < 1.29 is 0 Å². The van der Waals surface area contributed by atoms with Gasteiger partial charge in [0.15, 0.2) is 0 Å². The van der Waals surface area contributed by atoms with Crippen molar-refractivity contribution in [3.8, 4) is 17.3 Å². The molecule has 1 saturated heterocycles. The zero-order valence-electron chi connectivity index (χ0n) is 12.3. The first-order valence-corrected chi connectivity index (χ1v) is 7.48. The van der Waals surface area contributed by atoms with Crippen molar-refractivity contribution in [3.63, 3.8) is 0 Å². The van der Waals surface area contributed by atoms with Crippen molar-refractivity contribution in [2.75, 3.05) is 13.1 Å². The number of hydrogen-bond acceptors (Lipinski definition) is 3. The van der Waals surface area contributed by atoms with Gasteiger partial charge in [0.1, 0.15) is 6.07 Å². The number of hydrogen-bond donors (Lipinski definition) is 0. The molecule has 0 saturated carbocycles. The van der Waals surface area contributed by atoms with Crippen LogP contribution in [0.15, 0.2) is 42.6 Å². The maximum Gasteiger partial charge on any atom is 0.101 e. The highest BCUT2D eigenvalue weighted by molar-refractivity contribution is 5.60. The predicted molar refractivity (Wildman–Crippen MR) is 83.6 cm³/mol. The third-order valence-corrected chi connectivity index (χ3v) is 4.25. The normalized spacial score (nSPS) is 16.6. The van der Waals surface area contributed by atoms with Gasteiger partial charge in [-0.3, -0.25) is 9.88 Å². The Kier molecular flexibility index (Phi) is 3.98. The van der Waals surface area contributed by atoms with Gasteiger partial charge in [-0.15, -0.1) is 0 Å². The van der Waals surface area contributed by atoms with Gasteiger partial charge in [-0.25, -0.2) is 0 Å². The van der Waals surface area contributed by atoms with Crippen LogP contribution in [0.3, 0.4) is 0 Å². The number of aromatic nitrogens is 1. The number of pyridine rings is 1. The van der Waals surface area contributed by atoms with E-state index in [9.17, 15) is 0 Å². The summed E-state index contributed by atoms with van der Waals surface area (Å²) in [4.78, 5) is 6.91. The van der Waals surface area contributed by atoms with Crippen LogP contribution in [-0.4, -0.2) is 23.0 Å². The van der Waals surface area contributed by atoms with Gasteiger partial charge < -0.3 is 0 Å². The molecular weight excluding hydrogens is 258 g/mol. The topological polar surface area (TPSA) is 39.9 Å². The van der Waals surface area contributed by atoms with Gasteiger partial charge in [-0.1, -0.05) is 18.2 Å². The van der Waals surface area contributed by atoms with Gasteiger partial charge >= 0.3 is 0 Å². The van der Waals surface area contributed by atoms with Crippen LogP contribution in [0.4, 0.5) is 0 Å². The summed E-state index contributed by atoms with van der Waals surface area (Å²) in [5.41, 5.74) is 3.97. The SMILES string of the molecule is CC(c1cccc(-c2ccc(C#N)cn2)c1)N1CCCC1. The summed E-state index contributed by atoms with van der Waals surface area (Å²) in [5.74, 6) is 0. The minimum atomic E-state index is 0.450. The molecule has 0 amide bonds. The Morgan fingerprint density at radius 2 is 2.00 bits per heavy atom. The van der Waals surface area contributed by atoms with Crippen LogP contribution in [0, 0.1) is 11.3 Å². The second-order valence-corrected chi connectivity index (χ2v) is 5.59. The van der Waals surface area contributed by atoms with E-state index in [2.05, 4.69) is 47.1 Å². The van der Waals surface area contributed by atoms with Crippen LogP contribution in [-0.2, 0) is 0 Å². The Morgan fingerprint density at radius 1 is 1.19 bits per heavy atom. The highest BCUT2D eigenvalue weighted by atomic mass is 15.2. The van der Waals surface area contributed by atoms with Gasteiger partial charge in [0.05, 0.1) is 11.3 Å². The van der Waals surface area contributed by atoms with E-state index in [1.54, 1.807) is 6.20 Å². The number of likely N-dealkylation sites (tertiary alicyclic amines) is 1. The molecule has 0 aliphatic carbocycles. The smallest absolute Gasteiger partial charge is 0.101 e. The Labute approximate surface area is 125 Å². The summed E-state index contributed by atoms with van der Waals surface area (Å²) in [7, 11) is 0. The van der Waals surface area contributed by atoms with Gasteiger partial charge in [-0.05, 0) is 56.6 Å². The fourth-order valence-corrected chi connectivity index (χ4v) is 2.93. The average molecular weight is 277 g/mol. The van der Waals surface area contributed by atoms with Crippen LogP contribution in [0.5, 0.6) is 0 Å². The fraction of sp³-hybridized carbons (Fsp3) is 0.333. The molecule has 1 unspecified atom stereocenters. The molecule has 1 aliphatic heterocycles. The van der Waals surface area contributed by atoms with E-state index in [0.717, 1.165) is 11.3 Å². The van der Waals surface area contributed by atoms with Crippen molar-refractivity contribution in [3.05, 3.63) is 53.7 Å². The Balaban J connectivity index is 1.86. The lowest BCUT2D eigenvalue weighted by Gasteiger charge is -2.24. The molecule has 1 atom stereocenters. The third-order valence-electron chi connectivity index (χ3n) is 4.25. The highest BCUT2D eigenvalue weighted by Crippen LogP contribution is 2.27. The van der Waals surface area contributed by atoms with Crippen molar-refractivity contribution >= 4 is 0 Å². The van der Waals surface area contributed by atoms with E-state index < -0.39 is 0 Å². The Morgan fingerprint density at radius 3 is 2.67 bits per heavy atom. The summed E-state index contributed by atoms with van der Waals surface area (Å²) in [5, 5.41) is 8.84. The second-order valence-electron chi connectivity index (χ2n) is 5.59. The van der Waals surface area contributed by atoms with Crippen molar-refractivity contribution in [1.82, 2.24) is 9.88 Å². The largest absolute Gasteiger partial charge is 0.297 e. The van der Waals surface area contributed by atoms with E-state index in [1.165, 1.54) is 31.5 Å². The standard InChI is InChI=1S/C18H19N3/c1-14(21-9-2-3-10-21)16-5-4-6-17(11-16)18-8-7-15(12-19)13-20-18/h4-8,11,13-14H,2-3,9-10H2,1H3. The Hall–Kier alpha value is -2.18. The van der Waals surface area contributed by atoms with Crippen molar-refractivity contribution in [2.24, 2.45) is 0 Å². The van der Waals surface area contributed by atoms with Crippen LogP contribution in [0.1, 0.15) is 36.9 Å². The molecule has 3 nitrogen and oxygen atoms in total. The number of rotatable bonds is 3. The van der Waals surface area contributed by atoms with E-state index in [4.69, 9.17) is 5.26 Å². The first-order chi connectivity index (χ1) is 10.3. The van der Waals surface area contributed by atoms with Crippen LogP contribution >= 0.6 is 0 Å². The van der Waals surface area contributed by atoms with Gasteiger partial charge in [-0.2, -0.15) is 5.26 Å². The molecule has 0 bridgehead atoms. The fourth-order valence-electron chi connectivity index (χ4n) is 2.93. The Bertz CT molecular complexity index is 649. The third kappa shape index (κ3) is 2.96. The first-order valence-electron chi connectivity index (χ1n) is 7.48. The highest BCUT2D eigenvalue weighted by Gasteiger charge is 2.19. The number of benzene rings is 1. The molecule has 1 aliphatic rings. The molecule has 0 spiro atoms. The van der Waals surface area contributed by atoms with Crippen molar-refractivity contribution in [1.29, 1.82) is 5.26 Å². The molecular formula is C18H19N3. The van der Waals surface area contributed by atoms with E-state index in [0.29, 0.717) is 11.6 Å². The van der Waals surface area contributed by atoms with Gasteiger partial charge in [0, 0.05) is 17.8 Å². The summed E-state index contributed by atoms with van der Waals surface area (Å²) >= 11 is 0. The number of nitriles is 1. The van der Waals surface area contributed by atoms with E-state index in [-0.39, 0.29) is 0 Å². The molecule has 0 radical (unpaired) electrons. The lowest BCUT2D eigenvalue weighted by Crippen LogP contribution is -2.23. The summed E-state index contributed by atoms with van der Waals surface area (Å²) in [6, 6.07) is 14.9. The van der Waals surface area contributed by atoms with Gasteiger partial charge in [0.25, 0.3) is 0 Å². The molecule has 0 N–H and O–H groups in total. The van der Waals surface area contributed by atoms with Crippen LogP contribution in [0.25, 0.3) is 11.3 Å². The minimum Gasteiger partial charge on any atom is -0.297 e. The second kappa shape index (κ2) is 6.07. The predicted octanol–water partition coefficient (Wildman–Crippen LogP) is 3.78. The molecule has 106 valence electrons. The zero-order chi connectivity index (χ0) is 14.7. The molecule has 1 aromatic heterocycles.